The van der Waals surface area contributed by atoms with Crippen molar-refractivity contribution >= 4 is 5.97 Å². The maximum atomic E-state index is 13.1. The molecule has 2 unspecified atom stereocenters. The van der Waals surface area contributed by atoms with Gasteiger partial charge in [0, 0.05) is 6.54 Å². The number of ether oxygens (including phenoxy) is 1. The summed E-state index contributed by atoms with van der Waals surface area (Å²) in [5.74, 6) is 0.279. The molecule has 1 aliphatic carbocycles. The number of esters is 1. The van der Waals surface area contributed by atoms with Crippen LogP contribution in [0, 0.1) is 5.92 Å². The standard InChI is InChI=1S/C28H30N2O2/c1-29-17-16-20-18-26(27(31)32-2)30(19-20)28(21-10-4-3-5-11-21)24-14-8-6-12-22(24)23-13-7-9-15-25(23)28/h3-15,20,26,29H,16-19H2,1-2H3. The Hall–Kier alpha value is -2.95. The summed E-state index contributed by atoms with van der Waals surface area (Å²) >= 11 is 0. The molecule has 5 rings (SSSR count). The van der Waals surface area contributed by atoms with Gasteiger partial charge in [0.15, 0.2) is 0 Å². The number of hydrogen-bond acceptors (Lipinski definition) is 4. The Kier molecular flexibility index (Phi) is 5.58. The summed E-state index contributed by atoms with van der Waals surface area (Å²) in [5, 5.41) is 3.27. The second-order valence-electron chi connectivity index (χ2n) is 8.85. The van der Waals surface area contributed by atoms with Crippen LogP contribution < -0.4 is 5.32 Å². The predicted octanol–water partition coefficient (Wildman–Crippen LogP) is 4.43. The van der Waals surface area contributed by atoms with Crippen molar-refractivity contribution in [2.75, 3.05) is 27.2 Å². The van der Waals surface area contributed by atoms with E-state index in [9.17, 15) is 4.79 Å². The normalized spacial score (nSPS) is 21.2. The van der Waals surface area contributed by atoms with Gasteiger partial charge in [0.25, 0.3) is 0 Å². The van der Waals surface area contributed by atoms with Crippen molar-refractivity contribution in [3.63, 3.8) is 0 Å². The fourth-order valence-corrected chi connectivity index (χ4v) is 5.89. The number of fused-ring (bicyclic) bond motifs is 3. The number of carbonyl (C=O) groups excluding carboxylic acids is 1. The van der Waals surface area contributed by atoms with Gasteiger partial charge in [0.05, 0.1) is 12.6 Å². The topological polar surface area (TPSA) is 41.6 Å². The van der Waals surface area contributed by atoms with Gasteiger partial charge in [-0.15, -0.1) is 0 Å². The summed E-state index contributed by atoms with van der Waals surface area (Å²) in [4.78, 5) is 15.5. The number of nitrogens with zero attached hydrogens (tertiary/aromatic N) is 1. The van der Waals surface area contributed by atoms with Crippen LogP contribution in [0.2, 0.25) is 0 Å². The van der Waals surface area contributed by atoms with Gasteiger partial charge in [0.2, 0.25) is 0 Å². The molecule has 0 saturated carbocycles. The van der Waals surface area contributed by atoms with E-state index in [1.54, 1.807) is 0 Å². The third-order valence-electron chi connectivity index (χ3n) is 7.21. The zero-order valence-electron chi connectivity index (χ0n) is 18.8. The SMILES string of the molecule is CNCCC1CC(C(=O)OC)N(C2(c3ccccc3)c3ccccc3-c3ccccc32)C1. The fraction of sp³-hybridized carbons (Fsp3) is 0.321. The van der Waals surface area contributed by atoms with Crippen LogP contribution in [0.15, 0.2) is 78.9 Å². The molecular weight excluding hydrogens is 396 g/mol. The summed E-state index contributed by atoms with van der Waals surface area (Å²) in [6, 6.07) is 27.7. The highest BCUT2D eigenvalue weighted by Crippen LogP contribution is 2.56. The Labute approximate surface area is 190 Å². The van der Waals surface area contributed by atoms with E-state index in [1.165, 1.54) is 34.9 Å². The largest absolute Gasteiger partial charge is 0.468 e. The number of nitrogens with one attached hydrogen (secondary N) is 1. The van der Waals surface area contributed by atoms with Crippen molar-refractivity contribution in [2.45, 2.75) is 24.4 Å². The van der Waals surface area contributed by atoms with Crippen LogP contribution in [0.25, 0.3) is 11.1 Å². The van der Waals surface area contributed by atoms with Crippen molar-refractivity contribution in [1.29, 1.82) is 0 Å². The van der Waals surface area contributed by atoms with E-state index in [1.807, 2.05) is 7.05 Å². The van der Waals surface area contributed by atoms with E-state index in [0.29, 0.717) is 5.92 Å². The zero-order chi connectivity index (χ0) is 22.1. The molecule has 1 aliphatic heterocycles. The molecular formula is C28H30N2O2. The minimum atomic E-state index is -0.526. The van der Waals surface area contributed by atoms with Crippen LogP contribution in [-0.2, 0) is 15.1 Å². The molecule has 2 atom stereocenters. The molecule has 3 aromatic carbocycles. The summed E-state index contributed by atoms with van der Waals surface area (Å²) < 4.78 is 5.34. The third kappa shape index (κ3) is 3.09. The summed E-state index contributed by atoms with van der Waals surface area (Å²) in [5.41, 5.74) is 5.65. The molecule has 0 bridgehead atoms. The Bertz CT molecular complexity index is 1070. The Morgan fingerprint density at radius 1 is 0.969 bits per heavy atom. The summed E-state index contributed by atoms with van der Waals surface area (Å²) in [6.45, 7) is 1.79. The molecule has 4 nitrogen and oxygen atoms in total. The molecule has 164 valence electrons. The third-order valence-corrected chi connectivity index (χ3v) is 7.21. The number of hydrogen-bond donors (Lipinski definition) is 1. The Balaban J connectivity index is 1.77. The van der Waals surface area contributed by atoms with Crippen molar-refractivity contribution in [1.82, 2.24) is 10.2 Å². The van der Waals surface area contributed by atoms with Crippen molar-refractivity contribution in [2.24, 2.45) is 5.92 Å². The van der Waals surface area contributed by atoms with Crippen LogP contribution >= 0.6 is 0 Å². The molecule has 0 amide bonds. The van der Waals surface area contributed by atoms with Crippen LogP contribution in [0.3, 0.4) is 0 Å². The molecule has 0 radical (unpaired) electrons. The van der Waals surface area contributed by atoms with Gasteiger partial charge in [-0.1, -0.05) is 78.9 Å². The van der Waals surface area contributed by atoms with Crippen LogP contribution in [0.1, 0.15) is 29.5 Å². The average molecular weight is 427 g/mol. The summed E-state index contributed by atoms with van der Waals surface area (Å²) in [7, 11) is 3.49. The average Bonchev–Trinajstić information content (AvgIpc) is 3.41. The molecule has 1 fully saturated rings. The summed E-state index contributed by atoms with van der Waals surface area (Å²) in [6.07, 6.45) is 1.85. The first-order chi connectivity index (χ1) is 15.7. The fourth-order valence-electron chi connectivity index (χ4n) is 5.89. The van der Waals surface area contributed by atoms with Gasteiger partial charge in [-0.3, -0.25) is 9.69 Å². The van der Waals surface area contributed by atoms with E-state index in [2.05, 4.69) is 89.1 Å². The minimum absolute atomic E-state index is 0.144. The lowest BCUT2D eigenvalue weighted by atomic mass is 9.78. The van der Waals surface area contributed by atoms with Gasteiger partial charge in [-0.05, 0) is 60.2 Å². The van der Waals surface area contributed by atoms with Crippen LogP contribution in [-0.4, -0.2) is 44.2 Å². The highest BCUT2D eigenvalue weighted by Gasteiger charge is 2.55. The second kappa shape index (κ2) is 8.53. The quantitative estimate of drug-likeness (QED) is 0.592. The number of benzene rings is 3. The molecule has 0 aromatic heterocycles. The number of methoxy groups -OCH3 is 1. The lowest BCUT2D eigenvalue weighted by Gasteiger charge is -2.44. The number of likely N-dealkylation sites (tertiary alicyclic amines) is 1. The van der Waals surface area contributed by atoms with Crippen molar-refractivity contribution < 1.29 is 9.53 Å². The maximum absolute atomic E-state index is 13.1. The van der Waals surface area contributed by atoms with Gasteiger partial charge >= 0.3 is 5.97 Å². The highest BCUT2D eigenvalue weighted by molar-refractivity contribution is 5.84. The number of rotatable bonds is 6. The molecule has 3 aromatic rings. The first-order valence-corrected chi connectivity index (χ1v) is 11.5. The van der Waals surface area contributed by atoms with E-state index in [4.69, 9.17) is 4.74 Å². The Morgan fingerprint density at radius 3 is 2.16 bits per heavy atom. The molecule has 1 saturated heterocycles. The molecule has 0 spiro atoms. The zero-order valence-corrected chi connectivity index (χ0v) is 18.8. The Morgan fingerprint density at radius 2 is 1.56 bits per heavy atom. The first-order valence-electron chi connectivity index (χ1n) is 11.5. The lowest BCUT2D eigenvalue weighted by molar-refractivity contribution is -0.147. The van der Waals surface area contributed by atoms with E-state index in [-0.39, 0.29) is 12.0 Å². The van der Waals surface area contributed by atoms with Gasteiger partial charge < -0.3 is 10.1 Å². The van der Waals surface area contributed by atoms with E-state index >= 15 is 0 Å². The van der Waals surface area contributed by atoms with Crippen LogP contribution in [0.5, 0.6) is 0 Å². The van der Waals surface area contributed by atoms with E-state index in [0.717, 1.165) is 25.9 Å². The first kappa shape index (κ1) is 20.9. The van der Waals surface area contributed by atoms with Crippen molar-refractivity contribution in [3.8, 4) is 11.1 Å². The van der Waals surface area contributed by atoms with Gasteiger partial charge in [-0.2, -0.15) is 0 Å². The lowest BCUT2D eigenvalue weighted by Crippen LogP contribution is -2.52. The highest BCUT2D eigenvalue weighted by atomic mass is 16.5. The van der Waals surface area contributed by atoms with Gasteiger partial charge in [0.1, 0.15) is 6.04 Å². The second-order valence-corrected chi connectivity index (χ2v) is 8.85. The minimum Gasteiger partial charge on any atom is -0.468 e. The molecule has 1 heterocycles. The molecule has 2 aliphatic rings. The van der Waals surface area contributed by atoms with E-state index < -0.39 is 5.54 Å². The van der Waals surface area contributed by atoms with Gasteiger partial charge in [-0.25, -0.2) is 0 Å². The molecule has 4 heteroatoms. The predicted molar refractivity (Wildman–Crippen MR) is 127 cm³/mol. The number of carbonyl (C=O) groups is 1. The van der Waals surface area contributed by atoms with Crippen LogP contribution in [0.4, 0.5) is 0 Å². The maximum Gasteiger partial charge on any atom is 0.323 e. The molecule has 32 heavy (non-hydrogen) atoms. The smallest absolute Gasteiger partial charge is 0.323 e. The van der Waals surface area contributed by atoms with Crippen molar-refractivity contribution in [3.05, 3.63) is 95.6 Å². The monoisotopic (exact) mass is 426 g/mol. The molecule has 1 N–H and O–H groups in total.